The normalized spacial score (nSPS) is 14.1. The van der Waals surface area contributed by atoms with Crippen LogP contribution in [-0.4, -0.2) is 43.4 Å². The van der Waals surface area contributed by atoms with E-state index in [1.807, 2.05) is 48.5 Å². The van der Waals surface area contributed by atoms with E-state index in [1.54, 1.807) is 13.2 Å². The molecule has 3 aromatic carbocycles. The average Bonchev–Trinajstić information content (AvgIpc) is 2.90. The zero-order valence-corrected chi connectivity index (χ0v) is 21.1. The van der Waals surface area contributed by atoms with Gasteiger partial charge in [0.1, 0.15) is 29.4 Å². The van der Waals surface area contributed by atoms with Crippen LogP contribution in [0.25, 0.3) is 22.1 Å². The number of phenols is 1. The third-order valence-corrected chi connectivity index (χ3v) is 7.36. The fraction of sp³-hybridized carbons (Fsp3) is 0.276. The lowest BCUT2D eigenvalue weighted by atomic mass is 10.1. The largest absolute Gasteiger partial charge is 0.508 e. The van der Waals surface area contributed by atoms with Crippen LogP contribution in [0.4, 0.5) is 0 Å². The highest BCUT2D eigenvalue weighted by Crippen LogP contribution is 2.37. The SMILES string of the molecule is COc1ccc(-c2c(Sc3ccc(OCCN4CCCCC4)cc3)oc3cc(O)ccc3c2=O)cc1. The molecule has 0 unspecified atom stereocenters. The number of aromatic hydroxyl groups is 1. The molecule has 1 aliphatic rings. The van der Waals surface area contributed by atoms with Crippen molar-refractivity contribution in [1.82, 2.24) is 4.90 Å². The third kappa shape index (κ3) is 5.53. The summed E-state index contributed by atoms with van der Waals surface area (Å²) in [7, 11) is 1.61. The first-order valence-corrected chi connectivity index (χ1v) is 13.0. The molecule has 0 saturated carbocycles. The molecule has 7 heteroatoms. The third-order valence-electron chi connectivity index (χ3n) is 6.38. The standard InChI is InChI=1S/C29H29NO5S/c1-33-22-8-5-20(6-9-22)27-28(32)25-14-7-21(31)19-26(25)35-29(27)36-24-12-10-23(11-13-24)34-18-17-30-15-3-2-4-16-30/h5-14,19,31H,2-4,15-18H2,1H3. The Labute approximate surface area is 214 Å². The zero-order valence-electron chi connectivity index (χ0n) is 20.2. The number of benzene rings is 3. The van der Waals surface area contributed by atoms with Crippen LogP contribution in [0, 0.1) is 0 Å². The first kappa shape index (κ1) is 24.3. The van der Waals surface area contributed by atoms with Gasteiger partial charge in [-0.15, -0.1) is 0 Å². The summed E-state index contributed by atoms with van der Waals surface area (Å²) in [5.41, 5.74) is 1.40. The second kappa shape index (κ2) is 11.1. The maximum absolute atomic E-state index is 13.5. The summed E-state index contributed by atoms with van der Waals surface area (Å²) in [4.78, 5) is 16.9. The lowest BCUT2D eigenvalue weighted by Crippen LogP contribution is -2.33. The molecule has 0 amide bonds. The highest BCUT2D eigenvalue weighted by molar-refractivity contribution is 7.99. The summed E-state index contributed by atoms with van der Waals surface area (Å²) in [6.45, 7) is 3.92. The Morgan fingerprint density at radius 1 is 0.944 bits per heavy atom. The van der Waals surface area contributed by atoms with E-state index < -0.39 is 0 Å². The van der Waals surface area contributed by atoms with E-state index in [1.165, 1.54) is 43.2 Å². The first-order valence-electron chi connectivity index (χ1n) is 12.2. The predicted molar refractivity (Wildman–Crippen MR) is 142 cm³/mol. The van der Waals surface area contributed by atoms with E-state index in [-0.39, 0.29) is 11.2 Å². The minimum absolute atomic E-state index is 0.0462. The minimum Gasteiger partial charge on any atom is -0.508 e. The van der Waals surface area contributed by atoms with Gasteiger partial charge in [0, 0.05) is 17.5 Å². The lowest BCUT2D eigenvalue weighted by molar-refractivity contribution is 0.183. The molecule has 2 heterocycles. The van der Waals surface area contributed by atoms with Gasteiger partial charge in [0.25, 0.3) is 0 Å². The van der Waals surface area contributed by atoms with Crippen LogP contribution in [0.15, 0.2) is 85.9 Å². The number of hydrogen-bond acceptors (Lipinski definition) is 7. The Bertz CT molecular complexity index is 1380. The molecule has 1 fully saturated rings. The lowest BCUT2D eigenvalue weighted by Gasteiger charge is -2.26. The number of phenolic OH excluding ortho intramolecular Hbond substituents is 1. The number of nitrogens with zero attached hydrogens (tertiary/aromatic N) is 1. The molecule has 36 heavy (non-hydrogen) atoms. The molecule has 0 aliphatic carbocycles. The molecule has 1 saturated heterocycles. The molecule has 1 aliphatic heterocycles. The van der Waals surface area contributed by atoms with Gasteiger partial charge >= 0.3 is 0 Å². The Balaban J connectivity index is 1.39. The zero-order chi connectivity index (χ0) is 24.9. The van der Waals surface area contributed by atoms with Gasteiger partial charge in [0.2, 0.25) is 5.43 Å². The predicted octanol–water partition coefficient (Wildman–Crippen LogP) is 6.19. The van der Waals surface area contributed by atoms with Crippen molar-refractivity contribution in [3.63, 3.8) is 0 Å². The quantitative estimate of drug-likeness (QED) is 0.307. The number of ether oxygens (including phenoxy) is 2. The van der Waals surface area contributed by atoms with Gasteiger partial charge in [-0.3, -0.25) is 9.69 Å². The highest BCUT2D eigenvalue weighted by Gasteiger charge is 2.18. The first-order chi connectivity index (χ1) is 17.6. The van der Waals surface area contributed by atoms with Crippen LogP contribution in [0.3, 0.4) is 0 Å². The van der Waals surface area contributed by atoms with E-state index in [0.717, 1.165) is 35.8 Å². The van der Waals surface area contributed by atoms with Crippen molar-refractivity contribution in [1.29, 1.82) is 0 Å². The van der Waals surface area contributed by atoms with Crippen LogP contribution >= 0.6 is 11.8 Å². The summed E-state index contributed by atoms with van der Waals surface area (Å²) in [5, 5.41) is 10.8. The van der Waals surface area contributed by atoms with Crippen molar-refractivity contribution < 1.29 is 19.0 Å². The van der Waals surface area contributed by atoms with Gasteiger partial charge < -0.3 is 19.0 Å². The van der Waals surface area contributed by atoms with E-state index >= 15 is 0 Å². The number of rotatable bonds is 8. The van der Waals surface area contributed by atoms with Crippen LogP contribution in [0.2, 0.25) is 0 Å². The molecule has 5 rings (SSSR count). The van der Waals surface area contributed by atoms with Gasteiger partial charge in [-0.2, -0.15) is 0 Å². The summed E-state index contributed by atoms with van der Waals surface area (Å²) in [5.74, 6) is 1.57. The average molecular weight is 504 g/mol. The van der Waals surface area contributed by atoms with Gasteiger partial charge in [-0.1, -0.05) is 30.3 Å². The van der Waals surface area contributed by atoms with Crippen molar-refractivity contribution in [3.05, 3.63) is 77.0 Å². The maximum Gasteiger partial charge on any atom is 0.201 e. The summed E-state index contributed by atoms with van der Waals surface area (Å²) in [6.07, 6.45) is 3.87. The number of likely N-dealkylation sites (tertiary alicyclic amines) is 1. The molecule has 0 radical (unpaired) electrons. The van der Waals surface area contributed by atoms with Crippen molar-refractivity contribution in [2.45, 2.75) is 29.3 Å². The van der Waals surface area contributed by atoms with Gasteiger partial charge in [0.15, 0.2) is 5.09 Å². The summed E-state index contributed by atoms with van der Waals surface area (Å²) in [6, 6.07) is 19.7. The molecule has 0 atom stereocenters. The van der Waals surface area contributed by atoms with Crippen molar-refractivity contribution in [2.24, 2.45) is 0 Å². The van der Waals surface area contributed by atoms with Crippen molar-refractivity contribution in [2.75, 3.05) is 33.4 Å². The van der Waals surface area contributed by atoms with Crippen LogP contribution in [0.5, 0.6) is 17.2 Å². The molecular formula is C29H29NO5S. The molecule has 4 aromatic rings. The molecule has 0 spiro atoms. The number of piperidine rings is 1. The van der Waals surface area contributed by atoms with E-state index in [4.69, 9.17) is 13.9 Å². The monoisotopic (exact) mass is 503 g/mol. The van der Waals surface area contributed by atoms with Gasteiger partial charge in [0.05, 0.1) is 18.1 Å². The highest BCUT2D eigenvalue weighted by atomic mass is 32.2. The fourth-order valence-electron chi connectivity index (χ4n) is 4.43. The Morgan fingerprint density at radius 2 is 1.67 bits per heavy atom. The Hall–Kier alpha value is -3.42. The number of fused-ring (bicyclic) bond motifs is 1. The van der Waals surface area contributed by atoms with Crippen LogP contribution in [0.1, 0.15) is 19.3 Å². The van der Waals surface area contributed by atoms with Gasteiger partial charge in [-0.25, -0.2) is 0 Å². The van der Waals surface area contributed by atoms with Crippen molar-refractivity contribution in [3.8, 4) is 28.4 Å². The van der Waals surface area contributed by atoms with Crippen LogP contribution < -0.4 is 14.9 Å². The van der Waals surface area contributed by atoms with Gasteiger partial charge in [-0.05, 0) is 80.0 Å². The minimum atomic E-state index is -0.151. The maximum atomic E-state index is 13.5. The topological polar surface area (TPSA) is 72.1 Å². The molecule has 1 N–H and O–H groups in total. The van der Waals surface area contributed by atoms with E-state index in [9.17, 15) is 9.90 Å². The van der Waals surface area contributed by atoms with Crippen molar-refractivity contribution >= 4 is 22.7 Å². The second-order valence-corrected chi connectivity index (χ2v) is 9.87. The summed E-state index contributed by atoms with van der Waals surface area (Å²) >= 11 is 1.37. The molecular weight excluding hydrogens is 474 g/mol. The Kier molecular flexibility index (Phi) is 7.49. The molecule has 186 valence electrons. The van der Waals surface area contributed by atoms with E-state index in [0.29, 0.717) is 34.0 Å². The molecule has 6 nitrogen and oxygen atoms in total. The molecule has 0 bridgehead atoms. The second-order valence-electron chi connectivity index (χ2n) is 8.83. The van der Waals surface area contributed by atoms with Crippen LogP contribution in [-0.2, 0) is 0 Å². The number of hydrogen-bond donors (Lipinski definition) is 1. The summed E-state index contributed by atoms with van der Waals surface area (Å²) < 4.78 is 17.4. The number of methoxy groups -OCH3 is 1. The van der Waals surface area contributed by atoms with E-state index in [2.05, 4.69) is 4.90 Å². The molecule has 1 aromatic heterocycles. The smallest absolute Gasteiger partial charge is 0.201 e. The fourth-order valence-corrected chi connectivity index (χ4v) is 5.36. The Morgan fingerprint density at radius 3 is 2.39 bits per heavy atom.